The first-order valence-electron chi connectivity index (χ1n) is 10.6. The Morgan fingerprint density at radius 3 is 2.15 bits per heavy atom. The molecule has 1 saturated heterocycles. The highest BCUT2D eigenvalue weighted by Crippen LogP contribution is 2.28. The van der Waals surface area contributed by atoms with E-state index in [1.165, 1.54) is 4.90 Å². The van der Waals surface area contributed by atoms with Crippen LogP contribution in [0.5, 0.6) is 11.5 Å². The van der Waals surface area contributed by atoms with E-state index in [9.17, 15) is 13.2 Å². The van der Waals surface area contributed by atoms with Gasteiger partial charge in [-0.25, -0.2) is 13.2 Å². The number of hydrogen-bond donors (Lipinski definition) is 1. The molecule has 0 aromatic heterocycles. The van der Waals surface area contributed by atoms with E-state index in [4.69, 9.17) is 9.47 Å². The Morgan fingerprint density at radius 2 is 1.48 bits per heavy atom. The summed E-state index contributed by atoms with van der Waals surface area (Å²) in [5.41, 5.74) is 0.895. The van der Waals surface area contributed by atoms with Crippen molar-refractivity contribution in [2.75, 3.05) is 18.8 Å². The van der Waals surface area contributed by atoms with Crippen molar-refractivity contribution in [2.24, 2.45) is 5.92 Å². The summed E-state index contributed by atoms with van der Waals surface area (Å²) in [5, 5.41) is -0.246. The number of sulfone groups is 1. The lowest BCUT2D eigenvalue weighted by atomic mass is 10.1. The maximum absolute atomic E-state index is 13.0. The number of hydrogen-bond acceptors (Lipinski definition) is 6. The summed E-state index contributed by atoms with van der Waals surface area (Å²) in [4.78, 5) is 14.2. The molecule has 33 heavy (non-hydrogen) atoms. The Balaban J connectivity index is 1.34. The van der Waals surface area contributed by atoms with Crippen molar-refractivity contribution in [3.8, 4) is 11.5 Å². The van der Waals surface area contributed by atoms with Gasteiger partial charge in [-0.05, 0) is 42.0 Å². The largest absolute Gasteiger partial charge is 0.457 e. The van der Waals surface area contributed by atoms with Crippen LogP contribution in [-0.4, -0.2) is 43.5 Å². The van der Waals surface area contributed by atoms with Crippen LogP contribution in [0.3, 0.4) is 0 Å². The highest BCUT2D eigenvalue weighted by Gasteiger charge is 2.37. The Kier molecular flexibility index (Phi) is 7.25. The molecular weight excluding hydrogens is 458 g/mol. The summed E-state index contributed by atoms with van der Waals surface area (Å²) in [5.74, 6) is 0.849. The smallest absolute Gasteiger partial charge is 0.410 e. The highest BCUT2D eigenvalue weighted by molar-refractivity contribution is 7.91. The fourth-order valence-electron chi connectivity index (χ4n) is 3.70. The maximum Gasteiger partial charge on any atom is 0.410 e. The van der Waals surface area contributed by atoms with Gasteiger partial charge in [-0.3, -0.25) is 0 Å². The Labute approximate surface area is 199 Å². The van der Waals surface area contributed by atoms with Crippen LogP contribution in [0, 0.1) is 5.92 Å². The second-order valence-electron chi connectivity index (χ2n) is 7.94. The van der Waals surface area contributed by atoms with Gasteiger partial charge in [0, 0.05) is 24.3 Å². The summed E-state index contributed by atoms with van der Waals surface area (Å²) in [7, 11) is -3.55. The number of benzene rings is 3. The minimum atomic E-state index is -3.55. The zero-order chi connectivity index (χ0) is 23.3. The number of carbonyl (C=O) groups is 1. The lowest BCUT2D eigenvalue weighted by molar-refractivity contribution is 0.103. The van der Waals surface area contributed by atoms with Gasteiger partial charge in [0.1, 0.15) is 18.1 Å². The molecule has 6 nitrogen and oxygen atoms in total. The molecular formula is C25H25NO5S2. The zero-order valence-corrected chi connectivity index (χ0v) is 19.6. The van der Waals surface area contributed by atoms with Gasteiger partial charge in [0.15, 0.2) is 9.84 Å². The van der Waals surface area contributed by atoms with Crippen LogP contribution in [0.25, 0.3) is 0 Å². The highest BCUT2D eigenvalue weighted by atomic mass is 32.2. The number of carbonyl (C=O) groups excluding carboxylic acids is 1. The van der Waals surface area contributed by atoms with E-state index >= 15 is 0 Å². The van der Waals surface area contributed by atoms with Crippen LogP contribution in [-0.2, 0) is 21.2 Å². The Morgan fingerprint density at radius 1 is 0.879 bits per heavy atom. The topological polar surface area (TPSA) is 72.9 Å². The molecule has 172 valence electrons. The van der Waals surface area contributed by atoms with E-state index in [0.717, 1.165) is 5.56 Å². The summed E-state index contributed by atoms with van der Waals surface area (Å²) in [6.45, 7) is 0.810. The van der Waals surface area contributed by atoms with E-state index in [0.29, 0.717) is 18.0 Å². The van der Waals surface area contributed by atoms with Gasteiger partial charge in [0.05, 0.1) is 10.6 Å². The average Bonchev–Trinajstić information content (AvgIpc) is 3.19. The van der Waals surface area contributed by atoms with Crippen molar-refractivity contribution in [2.45, 2.75) is 16.8 Å². The molecule has 3 aromatic carbocycles. The standard InChI is InChI=1S/C25H25NO5S2/c27-25(30-17-19-7-3-1-4-8-19)26-15-20(24(32)16-26)18-33(28,29)23-13-11-22(12-14-23)31-21-9-5-2-6-10-21/h1-14,20,24,32H,15-18H2/t20-,24+/m1/s1. The van der Waals surface area contributed by atoms with Gasteiger partial charge < -0.3 is 14.4 Å². The molecule has 1 fully saturated rings. The lowest BCUT2D eigenvalue weighted by Crippen LogP contribution is -2.30. The second-order valence-corrected chi connectivity index (χ2v) is 10.6. The van der Waals surface area contributed by atoms with E-state index in [1.54, 1.807) is 24.3 Å². The van der Waals surface area contributed by atoms with Crippen molar-refractivity contribution in [3.63, 3.8) is 0 Å². The van der Waals surface area contributed by atoms with Crippen LogP contribution < -0.4 is 4.74 Å². The molecule has 0 aliphatic carbocycles. The van der Waals surface area contributed by atoms with Crippen LogP contribution >= 0.6 is 12.6 Å². The third-order valence-corrected chi connectivity index (χ3v) is 7.91. The van der Waals surface area contributed by atoms with Crippen molar-refractivity contribution in [1.82, 2.24) is 4.90 Å². The number of nitrogens with zero attached hydrogens (tertiary/aromatic N) is 1. The van der Waals surface area contributed by atoms with Crippen molar-refractivity contribution >= 4 is 28.6 Å². The first-order valence-corrected chi connectivity index (χ1v) is 12.8. The summed E-state index contributed by atoms with van der Waals surface area (Å²) < 4.78 is 37.1. The molecule has 1 aliphatic heterocycles. The minimum absolute atomic E-state index is 0.0947. The number of para-hydroxylation sites is 1. The van der Waals surface area contributed by atoms with Gasteiger partial charge in [0.2, 0.25) is 0 Å². The molecule has 8 heteroatoms. The number of amides is 1. The Hall–Kier alpha value is -2.97. The van der Waals surface area contributed by atoms with E-state index in [1.807, 2.05) is 60.7 Å². The monoisotopic (exact) mass is 483 g/mol. The van der Waals surface area contributed by atoms with Gasteiger partial charge in [-0.1, -0.05) is 48.5 Å². The summed E-state index contributed by atoms with van der Waals surface area (Å²) in [6, 6.07) is 25.1. The van der Waals surface area contributed by atoms with E-state index in [2.05, 4.69) is 12.6 Å². The zero-order valence-electron chi connectivity index (χ0n) is 17.9. The van der Waals surface area contributed by atoms with Crippen molar-refractivity contribution in [3.05, 3.63) is 90.5 Å². The van der Waals surface area contributed by atoms with E-state index < -0.39 is 15.9 Å². The van der Waals surface area contributed by atoms with E-state index in [-0.39, 0.29) is 35.0 Å². The molecule has 1 amide bonds. The third-order valence-electron chi connectivity index (χ3n) is 5.47. The summed E-state index contributed by atoms with van der Waals surface area (Å²) in [6.07, 6.45) is -0.458. The van der Waals surface area contributed by atoms with Gasteiger partial charge >= 0.3 is 6.09 Å². The van der Waals surface area contributed by atoms with Crippen LogP contribution in [0.4, 0.5) is 4.79 Å². The minimum Gasteiger partial charge on any atom is -0.457 e. The van der Waals surface area contributed by atoms with Gasteiger partial charge in [-0.15, -0.1) is 0 Å². The molecule has 0 saturated carbocycles. The Bertz CT molecular complexity index is 1170. The number of rotatable bonds is 7. The quantitative estimate of drug-likeness (QED) is 0.488. The molecule has 1 aliphatic rings. The third kappa shape index (κ3) is 6.09. The van der Waals surface area contributed by atoms with Gasteiger partial charge in [-0.2, -0.15) is 12.6 Å². The van der Waals surface area contributed by atoms with Gasteiger partial charge in [0.25, 0.3) is 0 Å². The molecule has 0 unspecified atom stereocenters. The number of thiol groups is 1. The molecule has 4 rings (SSSR count). The first-order chi connectivity index (χ1) is 15.9. The van der Waals surface area contributed by atoms with Crippen LogP contribution in [0.15, 0.2) is 89.8 Å². The first kappa shape index (κ1) is 23.2. The number of likely N-dealkylation sites (tertiary alicyclic amines) is 1. The average molecular weight is 484 g/mol. The second kappa shape index (κ2) is 10.3. The fraction of sp³-hybridized carbons (Fsp3) is 0.240. The van der Waals surface area contributed by atoms with Crippen LogP contribution in [0.2, 0.25) is 0 Å². The van der Waals surface area contributed by atoms with Crippen molar-refractivity contribution < 1.29 is 22.7 Å². The number of ether oxygens (including phenoxy) is 2. The predicted molar refractivity (Wildman–Crippen MR) is 129 cm³/mol. The van der Waals surface area contributed by atoms with Crippen molar-refractivity contribution in [1.29, 1.82) is 0 Å². The molecule has 0 radical (unpaired) electrons. The normalized spacial score (nSPS) is 18.2. The SMILES string of the molecule is O=C(OCc1ccccc1)N1C[C@H](CS(=O)(=O)c2ccc(Oc3ccccc3)cc2)[C@@H](S)C1. The molecule has 1 heterocycles. The molecule has 3 aromatic rings. The fourth-order valence-corrected chi connectivity index (χ4v) is 5.88. The summed E-state index contributed by atoms with van der Waals surface area (Å²) >= 11 is 4.54. The molecule has 0 spiro atoms. The molecule has 0 N–H and O–H groups in total. The van der Waals surface area contributed by atoms with Crippen LogP contribution in [0.1, 0.15) is 5.56 Å². The maximum atomic E-state index is 13.0. The predicted octanol–water partition coefficient (Wildman–Crippen LogP) is 4.82. The molecule has 0 bridgehead atoms. The molecule has 2 atom stereocenters. The lowest BCUT2D eigenvalue weighted by Gasteiger charge is -2.16.